The van der Waals surface area contributed by atoms with Gasteiger partial charge in [-0.3, -0.25) is 14.5 Å². The summed E-state index contributed by atoms with van der Waals surface area (Å²) in [6.07, 6.45) is 0.509. The number of nitrogens with one attached hydrogen (secondary N) is 1. The largest absolute Gasteiger partial charge is 0.480 e. The quantitative estimate of drug-likeness (QED) is 0.647. The summed E-state index contributed by atoms with van der Waals surface area (Å²) in [4.78, 5) is 23.7. The van der Waals surface area contributed by atoms with Crippen LogP contribution in [0.2, 0.25) is 0 Å². The Morgan fingerprint density at radius 1 is 1.50 bits per heavy atom. The maximum Gasteiger partial charge on any atom is 0.322 e. The molecule has 1 fully saturated rings. The summed E-state index contributed by atoms with van der Waals surface area (Å²) in [7, 11) is -1.32. The molecule has 7 nitrogen and oxygen atoms in total. The summed E-state index contributed by atoms with van der Waals surface area (Å²) in [5.74, 6) is -1.32. The third kappa shape index (κ3) is 3.95. The SMILES string of the molecule is CC(C(=O)NCC(=O)O)N(C)C1CCS(=O)(=O)C1. The average molecular weight is 278 g/mol. The molecular formula is C10H18N2O5S. The van der Waals surface area contributed by atoms with E-state index in [2.05, 4.69) is 5.32 Å². The van der Waals surface area contributed by atoms with Crippen LogP contribution in [-0.4, -0.2) is 67.5 Å². The predicted octanol–water partition coefficient (Wildman–Crippen LogP) is -1.31. The highest BCUT2D eigenvalue weighted by molar-refractivity contribution is 7.91. The zero-order valence-corrected chi connectivity index (χ0v) is 11.2. The van der Waals surface area contributed by atoms with Gasteiger partial charge in [-0.05, 0) is 20.4 Å². The minimum atomic E-state index is -2.99. The Bertz CT molecular complexity index is 434. The van der Waals surface area contributed by atoms with Crippen molar-refractivity contribution in [3.63, 3.8) is 0 Å². The molecule has 1 heterocycles. The molecule has 104 valence electrons. The molecule has 0 aromatic carbocycles. The van der Waals surface area contributed by atoms with Gasteiger partial charge in [0.05, 0.1) is 17.5 Å². The van der Waals surface area contributed by atoms with Crippen LogP contribution in [0, 0.1) is 0 Å². The lowest BCUT2D eigenvalue weighted by molar-refractivity contribution is -0.138. The number of nitrogens with zero attached hydrogens (tertiary/aromatic N) is 1. The van der Waals surface area contributed by atoms with Crippen molar-refractivity contribution in [1.82, 2.24) is 10.2 Å². The maximum atomic E-state index is 11.6. The van der Waals surface area contributed by atoms with Crippen LogP contribution in [0.4, 0.5) is 0 Å². The second-order valence-corrected chi connectivity index (χ2v) is 6.74. The third-order valence-corrected chi connectivity index (χ3v) is 4.94. The van der Waals surface area contributed by atoms with Gasteiger partial charge in [0, 0.05) is 6.04 Å². The number of carbonyl (C=O) groups is 2. The lowest BCUT2D eigenvalue weighted by Gasteiger charge is -2.28. The Morgan fingerprint density at radius 3 is 2.56 bits per heavy atom. The van der Waals surface area contributed by atoms with Crippen molar-refractivity contribution in [2.75, 3.05) is 25.1 Å². The first-order valence-corrected chi connectivity index (χ1v) is 7.47. The number of carbonyl (C=O) groups excluding carboxylic acids is 1. The molecule has 1 aliphatic heterocycles. The number of carboxylic acid groups (broad SMARTS) is 1. The molecule has 18 heavy (non-hydrogen) atoms. The van der Waals surface area contributed by atoms with Crippen LogP contribution in [0.1, 0.15) is 13.3 Å². The number of hydrogen-bond acceptors (Lipinski definition) is 5. The van der Waals surface area contributed by atoms with Gasteiger partial charge in [0.1, 0.15) is 6.54 Å². The first kappa shape index (κ1) is 14.9. The van der Waals surface area contributed by atoms with Gasteiger partial charge in [-0.25, -0.2) is 8.42 Å². The fraction of sp³-hybridized carbons (Fsp3) is 0.800. The van der Waals surface area contributed by atoms with Gasteiger partial charge in [0.15, 0.2) is 9.84 Å². The summed E-state index contributed by atoms with van der Waals surface area (Å²) < 4.78 is 22.7. The topological polar surface area (TPSA) is 104 Å². The van der Waals surface area contributed by atoms with Gasteiger partial charge >= 0.3 is 5.97 Å². The van der Waals surface area contributed by atoms with E-state index in [0.717, 1.165) is 0 Å². The Hall–Kier alpha value is -1.15. The molecule has 0 aromatic rings. The van der Waals surface area contributed by atoms with Crippen molar-refractivity contribution in [1.29, 1.82) is 0 Å². The molecule has 0 radical (unpaired) electrons. The number of aliphatic carboxylic acids is 1. The first-order chi connectivity index (χ1) is 8.23. The zero-order chi connectivity index (χ0) is 13.9. The van der Waals surface area contributed by atoms with E-state index in [-0.39, 0.29) is 17.5 Å². The molecule has 0 aliphatic carbocycles. The molecule has 1 saturated heterocycles. The molecule has 2 N–H and O–H groups in total. The molecule has 8 heteroatoms. The van der Waals surface area contributed by atoms with Crippen molar-refractivity contribution in [2.45, 2.75) is 25.4 Å². The molecule has 1 aliphatic rings. The Kier molecular flexibility index (Phi) is 4.69. The van der Waals surface area contributed by atoms with Gasteiger partial charge in [-0.2, -0.15) is 0 Å². The number of likely N-dealkylation sites (N-methyl/N-ethyl adjacent to an activating group) is 1. The lowest BCUT2D eigenvalue weighted by atomic mass is 10.1. The van der Waals surface area contributed by atoms with E-state index in [0.29, 0.717) is 6.42 Å². The maximum absolute atomic E-state index is 11.6. The monoisotopic (exact) mass is 278 g/mol. The van der Waals surface area contributed by atoms with E-state index in [1.54, 1.807) is 18.9 Å². The van der Waals surface area contributed by atoms with E-state index in [9.17, 15) is 18.0 Å². The van der Waals surface area contributed by atoms with Crippen molar-refractivity contribution >= 4 is 21.7 Å². The molecule has 2 atom stereocenters. The van der Waals surface area contributed by atoms with Crippen LogP contribution in [0.3, 0.4) is 0 Å². The highest BCUT2D eigenvalue weighted by atomic mass is 32.2. The van der Waals surface area contributed by atoms with E-state index in [1.807, 2.05) is 0 Å². The third-order valence-electron chi connectivity index (χ3n) is 3.19. The summed E-state index contributed by atoms with van der Waals surface area (Å²) in [5, 5.41) is 10.7. The van der Waals surface area contributed by atoms with Crippen molar-refractivity contribution in [3.05, 3.63) is 0 Å². The van der Waals surface area contributed by atoms with Gasteiger partial charge in [0.2, 0.25) is 5.91 Å². The number of sulfone groups is 1. The summed E-state index contributed by atoms with van der Waals surface area (Å²) in [6, 6.07) is -0.733. The standard InChI is InChI=1S/C10H18N2O5S/c1-7(10(15)11-5-9(13)14)12(2)8-3-4-18(16,17)6-8/h7-8H,3-6H2,1-2H3,(H,11,15)(H,13,14). The van der Waals surface area contributed by atoms with Crippen LogP contribution in [0.15, 0.2) is 0 Å². The minimum Gasteiger partial charge on any atom is -0.480 e. The van der Waals surface area contributed by atoms with Gasteiger partial charge < -0.3 is 10.4 Å². The molecule has 0 saturated carbocycles. The molecule has 0 bridgehead atoms. The van der Waals surface area contributed by atoms with Gasteiger partial charge in [-0.15, -0.1) is 0 Å². The van der Waals surface area contributed by atoms with Crippen molar-refractivity contribution in [2.24, 2.45) is 0 Å². The Morgan fingerprint density at radius 2 is 2.11 bits per heavy atom. The van der Waals surface area contributed by atoms with Crippen molar-refractivity contribution in [3.8, 4) is 0 Å². The smallest absolute Gasteiger partial charge is 0.322 e. The van der Waals surface area contributed by atoms with Crippen LogP contribution >= 0.6 is 0 Å². The summed E-state index contributed by atoms with van der Waals surface area (Å²) in [5.41, 5.74) is 0. The Labute approximate surface area is 106 Å². The molecule has 0 spiro atoms. The summed E-state index contributed by atoms with van der Waals surface area (Å²) in [6.45, 7) is 1.20. The fourth-order valence-electron chi connectivity index (χ4n) is 1.91. The normalized spacial score (nSPS) is 23.8. The second kappa shape index (κ2) is 5.66. The van der Waals surface area contributed by atoms with Crippen LogP contribution in [0.25, 0.3) is 0 Å². The number of amides is 1. The number of hydrogen-bond donors (Lipinski definition) is 2. The first-order valence-electron chi connectivity index (χ1n) is 5.65. The van der Waals surface area contributed by atoms with Crippen molar-refractivity contribution < 1.29 is 23.1 Å². The molecule has 1 rings (SSSR count). The Balaban J connectivity index is 2.53. The van der Waals surface area contributed by atoms with Crippen LogP contribution < -0.4 is 5.32 Å². The second-order valence-electron chi connectivity index (χ2n) is 4.51. The fourth-order valence-corrected chi connectivity index (χ4v) is 3.69. The zero-order valence-electron chi connectivity index (χ0n) is 10.4. The number of rotatable bonds is 5. The average Bonchev–Trinajstić information content (AvgIpc) is 2.64. The van der Waals surface area contributed by atoms with E-state index < -0.39 is 34.3 Å². The summed E-state index contributed by atoms with van der Waals surface area (Å²) >= 11 is 0. The highest BCUT2D eigenvalue weighted by Gasteiger charge is 2.34. The lowest BCUT2D eigenvalue weighted by Crippen LogP contribution is -2.49. The molecular weight excluding hydrogens is 260 g/mol. The number of carboxylic acids is 1. The molecule has 2 unspecified atom stereocenters. The van der Waals surface area contributed by atoms with Crippen LogP contribution in [-0.2, 0) is 19.4 Å². The van der Waals surface area contributed by atoms with E-state index in [1.165, 1.54) is 0 Å². The van der Waals surface area contributed by atoms with E-state index >= 15 is 0 Å². The predicted molar refractivity (Wildman–Crippen MR) is 64.9 cm³/mol. The van der Waals surface area contributed by atoms with Gasteiger partial charge in [0.25, 0.3) is 0 Å². The molecule has 0 aromatic heterocycles. The highest BCUT2D eigenvalue weighted by Crippen LogP contribution is 2.18. The molecule has 1 amide bonds. The van der Waals surface area contributed by atoms with E-state index in [4.69, 9.17) is 5.11 Å². The van der Waals surface area contributed by atoms with Gasteiger partial charge in [-0.1, -0.05) is 0 Å². The minimum absolute atomic E-state index is 0.0556. The van der Waals surface area contributed by atoms with Crippen LogP contribution in [0.5, 0.6) is 0 Å².